The molecule has 0 fully saturated rings. The normalized spacial score (nSPS) is 12.1. The highest BCUT2D eigenvalue weighted by Gasteiger charge is 2.12. The Labute approximate surface area is 146 Å². The largest absolute Gasteiger partial charge is 0.491 e. The molecule has 1 amide bonds. The minimum absolute atomic E-state index is 0.0183. The Balaban J connectivity index is 2.19. The van der Waals surface area contributed by atoms with Crippen LogP contribution in [-0.4, -0.2) is 36.9 Å². The van der Waals surface area contributed by atoms with Gasteiger partial charge in [-0.2, -0.15) is 0 Å². The van der Waals surface area contributed by atoms with E-state index in [-0.39, 0.29) is 19.3 Å². The van der Waals surface area contributed by atoms with Crippen molar-refractivity contribution in [1.82, 2.24) is 0 Å². The van der Waals surface area contributed by atoms with E-state index in [1.54, 1.807) is 23.5 Å². The third-order valence-corrected chi connectivity index (χ3v) is 4.60. The van der Waals surface area contributed by atoms with E-state index in [0.29, 0.717) is 17.9 Å². The third-order valence-electron chi connectivity index (χ3n) is 3.55. The van der Waals surface area contributed by atoms with Crippen LogP contribution in [0.4, 0.5) is 0 Å². The number of primary amides is 1. The van der Waals surface area contributed by atoms with E-state index in [9.17, 15) is 4.79 Å². The molecule has 6 heteroatoms. The predicted molar refractivity (Wildman–Crippen MR) is 95.6 cm³/mol. The Kier molecular flexibility index (Phi) is 6.78. The van der Waals surface area contributed by atoms with Crippen molar-refractivity contribution in [2.75, 3.05) is 19.8 Å². The summed E-state index contributed by atoms with van der Waals surface area (Å²) in [4.78, 5) is 13.8. The van der Waals surface area contributed by atoms with Gasteiger partial charge in [0.2, 0.25) is 5.91 Å². The average molecular weight is 349 g/mol. The molecule has 0 aliphatic rings. The van der Waals surface area contributed by atoms with Gasteiger partial charge in [0.15, 0.2) is 0 Å². The summed E-state index contributed by atoms with van der Waals surface area (Å²) in [7, 11) is 0. The van der Waals surface area contributed by atoms with Gasteiger partial charge in [0.25, 0.3) is 0 Å². The van der Waals surface area contributed by atoms with Gasteiger partial charge in [-0.25, -0.2) is 0 Å². The van der Waals surface area contributed by atoms with Crippen molar-refractivity contribution < 1.29 is 19.4 Å². The van der Waals surface area contributed by atoms with Crippen LogP contribution >= 0.6 is 11.3 Å². The molecule has 24 heavy (non-hydrogen) atoms. The molecule has 0 saturated carbocycles. The van der Waals surface area contributed by atoms with Gasteiger partial charge >= 0.3 is 0 Å². The van der Waals surface area contributed by atoms with Crippen molar-refractivity contribution in [2.24, 2.45) is 5.73 Å². The second kappa shape index (κ2) is 8.82. The van der Waals surface area contributed by atoms with Crippen LogP contribution in [0.2, 0.25) is 0 Å². The van der Waals surface area contributed by atoms with Gasteiger partial charge in [-0.1, -0.05) is 6.92 Å². The minimum Gasteiger partial charge on any atom is -0.491 e. The summed E-state index contributed by atoms with van der Waals surface area (Å²) in [6.45, 7) is 4.64. The Morgan fingerprint density at radius 2 is 2.12 bits per heavy atom. The maximum atomic E-state index is 11.6. The van der Waals surface area contributed by atoms with Crippen molar-refractivity contribution in [2.45, 2.75) is 26.4 Å². The van der Waals surface area contributed by atoms with Gasteiger partial charge in [-0.3, -0.25) is 4.79 Å². The molecular formula is C18H23NO4S. The van der Waals surface area contributed by atoms with Gasteiger partial charge in [0.05, 0.1) is 19.3 Å². The highest BCUT2D eigenvalue weighted by molar-refractivity contribution is 7.15. The summed E-state index contributed by atoms with van der Waals surface area (Å²) < 4.78 is 11.3. The van der Waals surface area contributed by atoms with Crippen LogP contribution in [0.1, 0.15) is 28.6 Å². The number of benzene rings is 1. The minimum atomic E-state index is -0.487. The van der Waals surface area contributed by atoms with E-state index < -0.39 is 5.91 Å². The second-order valence-electron chi connectivity index (χ2n) is 5.46. The van der Waals surface area contributed by atoms with E-state index in [1.165, 1.54) is 4.88 Å². The number of rotatable bonds is 9. The maximum absolute atomic E-state index is 11.6. The Morgan fingerprint density at radius 3 is 2.71 bits per heavy atom. The zero-order chi connectivity index (χ0) is 17.5. The Morgan fingerprint density at radius 1 is 1.33 bits per heavy atom. The lowest BCUT2D eigenvalue weighted by atomic mass is 10.1. The zero-order valence-corrected chi connectivity index (χ0v) is 14.8. The fourth-order valence-corrected chi connectivity index (χ4v) is 3.10. The van der Waals surface area contributed by atoms with Crippen LogP contribution in [-0.2, 0) is 4.74 Å². The van der Waals surface area contributed by atoms with Crippen LogP contribution in [0.25, 0.3) is 10.4 Å². The van der Waals surface area contributed by atoms with E-state index in [0.717, 1.165) is 16.9 Å². The first kappa shape index (κ1) is 18.4. The topological polar surface area (TPSA) is 81.8 Å². The summed E-state index contributed by atoms with van der Waals surface area (Å²) in [6.07, 6.45) is 0.661. The van der Waals surface area contributed by atoms with E-state index in [2.05, 4.69) is 0 Å². The van der Waals surface area contributed by atoms with Crippen molar-refractivity contribution in [1.29, 1.82) is 0 Å². The number of aliphatic hydroxyl groups is 1. The SMILES string of the molecule is CC[C@@H](COc1cc(C(N)=O)cc(-c2ccc(C)s2)c1)OCCO. The molecule has 2 aromatic rings. The number of carbonyl (C=O) groups excluding carboxylic acids is 1. The van der Waals surface area contributed by atoms with Crippen LogP contribution < -0.4 is 10.5 Å². The molecule has 3 N–H and O–H groups in total. The van der Waals surface area contributed by atoms with Gasteiger partial charge in [-0.15, -0.1) is 11.3 Å². The highest BCUT2D eigenvalue weighted by Crippen LogP contribution is 2.31. The summed E-state index contributed by atoms with van der Waals surface area (Å²) in [5.41, 5.74) is 6.76. The maximum Gasteiger partial charge on any atom is 0.248 e. The summed E-state index contributed by atoms with van der Waals surface area (Å²) >= 11 is 1.65. The van der Waals surface area contributed by atoms with Crippen LogP contribution in [0, 0.1) is 6.92 Å². The molecule has 0 spiro atoms. The molecule has 1 aromatic heterocycles. The lowest BCUT2D eigenvalue weighted by Gasteiger charge is -2.17. The quantitative estimate of drug-likeness (QED) is 0.729. The molecule has 0 saturated heterocycles. The highest BCUT2D eigenvalue weighted by atomic mass is 32.1. The van der Waals surface area contributed by atoms with Gasteiger partial charge in [0, 0.05) is 15.3 Å². The number of carbonyl (C=O) groups is 1. The third kappa shape index (κ3) is 5.06. The average Bonchev–Trinajstić information content (AvgIpc) is 3.01. The van der Waals surface area contributed by atoms with Gasteiger partial charge in [-0.05, 0) is 49.2 Å². The van der Waals surface area contributed by atoms with Gasteiger partial charge in [0.1, 0.15) is 12.4 Å². The lowest BCUT2D eigenvalue weighted by molar-refractivity contribution is 0.000996. The molecule has 0 radical (unpaired) electrons. The summed E-state index contributed by atoms with van der Waals surface area (Å²) in [5, 5.41) is 8.84. The molecule has 1 atom stereocenters. The zero-order valence-electron chi connectivity index (χ0n) is 14.0. The van der Waals surface area contributed by atoms with Crippen LogP contribution in [0.5, 0.6) is 5.75 Å². The molecule has 130 valence electrons. The summed E-state index contributed by atoms with van der Waals surface area (Å²) in [6, 6.07) is 9.37. The van der Waals surface area contributed by atoms with Gasteiger partial charge < -0.3 is 20.3 Å². The summed E-state index contributed by atoms with van der Waals surface area (Å²) in [5.74, 6) is 0.0944. The number of hydrogen-bond acceptors (Lipinski definition) is 5. The van der Waals surface area contributed by atoms with E-state index in [1.807, 2.05) is 32.0 Å². The molecule has 0 aliphatic carbocycles. The molecule has 5 nitrogen and oxygen atoms in total. The molecule has 0 unspecified atom stereocenters. The van der Waals surface area contributed by atoms with Crippen molar-refractivity contribution in [3.63, 3.8) is 0 Å². The molecular weight excluding hydrogens is 326 g/mol. The number of thiophene rings is 1. The monoisotopic (exact) mass is 349 g/mol. The number of ether oxygens (including phenoxy) is 2. The fraction of sp³-hybridized carbons (Fsp3) is 0.389. The van der Waals surface area contributed by atoms with E-state index >= 15 is 0 Å². The van der Waals surface area contributed by atoms with Crippen LogP contribution in [0.15, 0.2) is 30.3 Å². The van der Waals surface area contributed by atoms with Crippen molar-refractivity contribution in [3.05, 3.63) is 40.8 Å². The first-order valence-corrected chi connectivity index (χ1v) is 8.72. The standard InChI is InChI=1S/C18H23NO4S/c1-3-15(22-7-6-20)11-23-16-9-13(8-14(10-16)18(19)21)17-5-4-12(2)24-17/h4-5,8-10,15,20H,3,6-7,11H2,1-2H3,(H2,19,21)/t15-/m0/s1. The number of aryl methyl sites for hydroxylation is 1. The first-order chi connectivity index (χ1) is 11.5. The lowest BCUT2D eigenvalue weighted by Crippen LogP contribution is -2.22. The Bertz CT molecular complexity index is 683. The molecule has 2 rings (SSSR count). The first-order valence-electron chi connectivity index (χ1n) is 7.90. The molecule has 1 aromatic carbocycles. The predicted octanol–water partition coefficient (Wildman–Crippen LogP) is 2.99. The number of nitrogens with two attached hydrogens (primary N) is 1. The van der Waals surface area contributed by atoms with Crippen molar-refractivity contribution in [3.8, 4) is 16.2 Å². The number of amides is 1. The van der Waals surface area contributed by atoms with Crippen LogP contribution in [0.3, 0.4) is 0 Å². The number of aliphatic hydroxyl groups excluding tert-OH is 1. The smallest absolute Gasteiger partial charge is 0.248 e. The molecule has 1 heterocycles. The fourth-order valence-electron chi connectivity index (χ4n) is 2.25. The molecule has 0 bridgehead atoms. The second-order valence-corrected chi connectivity index (χ2v) is 6.74. The molecule has 0 aliphatic heterocycles. The van der Waals surface area contributed by atoms with Crippen molar-refractivity contribution >= 4 is 17.2 Å². The number of hydrogen-bond donors (Lipinski definition) is 2. The van der Waals surface area contributed by atoms with E-state index in [4.69, 9.17) is 20.3 Å². The Hall–Kier alpha value is -1.89.